The van der Waals surface area contributed by atoms with Gasteiger partial charge in [-0.25, -0.2) is 8.42 Å². The molecule has 9 heteroatoms. The number of halogens is 1. The summed E-state index contributed by atoms with van der Waals surface area (Å²) < 4.78 is 24.6. The Morgan fingerprint density at radius 3 is 2.50 bits per heavy atom. The van der Waals surface area contributed by atoms with Gasteiger partial charge >= 0.3 is 0 Å². The predicted octanol–water partition coefficient (Wildman–Crippen LogP) is 2.13. The summed E-state index contributed by atoms with van der Waals surface area (Å²) in [4.78, 5) is 4.63. The molecular formula is C17H34IN5O2S. The monoisotopic (exact) mass is 499 g/mol. The molecule has 0 amide bonds. The maximum absolute atomic E-state index is 11.3. The lowest BCUT2D eigenvalue weighted by atomic mass is 10.2. The molecule has 0 aliphatic rings. The SMILES string of the molecule is CCNC(=NCC(C)Cn1nc(C)cc1C)NC(C)CCS(C)(=O)=O.I. The van der Waals surface area contributed by atoms with E-state index in [2.05, 4.69) is 40.6 Å². The van der Waals surface area contributed by atoms with E-state index < -0.39 is 9.84 Å². The summed E-state index contributed by atoms with van der Waals surface area (Å²) >= 11 is 0. The molecule has 0 aliphatic carbocycles. The van der Waals surface area contributed by atoms with Crippen molar-refractivity contribution in [1.29, 1.82) is 0 Å². The van der Waals surface area contributed by atoms with E-state index in [1.807, 2.05) is 25.5 Å². The van der Waals surface area contributed by atoms with Crippen molar-refractivity contribution in [3.05, 3.63) is 17.5 Å². The van der Waals surface area contributed by atoms with Crippen molar-refractivity contribution in [1.82, 2.24) is 20.4 Å². The van der Waals surface area contributed by atoms with Crippen molar-refractivity contribution in [2.75, 3.05) is 25.1 Å². The molecule has 0 aromatic carbocycles. The standard InChI is InChI=1S/C17H33N5O2S.HI/c1-7-18-17(20-14(3)8-9-25(6,23)24)19-11-13(2)12-22-16(5)10-15(4)21-22;/h10,13-14H,7-9,11-12H2,1-6H3,(H2,18,19,20);1H. The number of nitrogens with zero attached hydrogens (tertiary/aromatic N) is 3. The summed E-state index contributed by atoms with van der Waals surface area (Å²) in [7, 11) is -2.94. The summed E-state index contributed by atoms with van der Waals surface area (Å²) in [5.41, 5.74) is 2.19. The summed E-state index contributed by atoms with van der Waals surface area (Å²) in [5.74, 6) is 1.25. The van der Waals surface area contributed by atoms with Crippen LogP contribution in [0.1, 0.15) is 38.6 Å². The van der Waals surface area contributed by atoms with Crippen LogP contribution < -0.4 is 10.6 Å². The molecule has 2 N–H and O–H groups in total. The number of sulfone groups is 1. The van der Waals surface area contributed by atoms with E-state index in [1.165, 1.54) is 6.26 Å². The van der Waals surface area contributed by atoms with Gasteiger partial charge in [-0.2, -0.15) is 5.10 Å². The number of aliphatic imine (C=N–C) groups is 1. The minimum absolute atomic E-state index is 0. The molecule has 1 heterocycles. The van der Waals surface area contributed by atoms with Gasteiger partial charge in [0.1, 0.15) is 9.84 Å². The van der Waals surface area contributed by atoms with Crippen molar-refractivity contribution in [3.8, 4) is 0 Å². The highest BCUT2D eigenvalue weighted by Gasteiger charge is 2.11. The number of rotatable bonds is 9. The first-order valence-corrected chi connectivity index (χ1v) is 10.9. The lowest BCUT2D eigenvalue weighted by molar-refractivity contribution is 0.449. The van der Waals surface area contributed by atoms with Gasteiger partial charge in [-0.3, -0.25) is 9.67 Å². The smallest absolute Gasteiger partial charge is 0.191 e. The molecule has 2 unspecified atom stereocenters. The van der Waals surface area contributed by atoms with Gasteiger partial charge in [0.2, 0.25) is 0 Å². The number of nitrogens with one attached hydrogen (secondary N) is 2. The highest BCUT2D eigenvalue weighted by molar-refractivity contribution is 14.0. The van der Waals surface area contributed by atoms with Crippen molar-refractivity contribution in [2.45, 2.75) is 53.6 Å². The molecule has 0 saturated carbocycles. The van der Waals surface area contributed by atoms with Crippen molar-refractivity contribution in [3.63, 3.8) is 0 Å². The van der Waals surface area contributed by atoms with Crippen LogP contribution in [0.25, 0.3) is 0 Å². The zero-order chi connectivity index (χ0) is 19.0. The highest BCUT2D eigenvalue weighted by Crippen LogP contribution is 2.07. The Hall–Kier alpha value is -0.840. The fourth-order valence-electron chi connectivity index (χ4n) is 2.48. The molecular weight excluding hydrogens is 465 g/mol. The molecule has 0 radical (unpaired) electrons. The molecule has 2 atom stereocenters. The maximum Gasteiger partial charge on any atom is 0.191 e. The van der Waals surface area contributed by atoms with E-state index in [4.69, 9.17) is 0 Å². The zero-order valence-electron chi connectivity index (χ0n) is 16.7. The number of guanidine groups is 1. The molecule has 26 heavy (non-hydrogen) atoms. The first-order chi connectivity index (χ1) is 11.6. The van der Waals surface area contributed by atoms with Gasteiger partial charge in [-0.05, 0) is 46.1 Å². The lowest BCUT2D eigenvalue weighted by Gasteiger charge is -2.18. The Labute approximate surface area is 175 Å². The fraction of sp³-hybridized carbons (Fsp3) is 0.765. The topological polar surface area (TPSA) is 88.4 Å². The van der Waals surface area contributed by atoms with Crippen LogP contribution in [0.5, 0.6) is 0 Å². The normalized spacial score (nSPS) is 14.5. The summed E-state index contributed by atoms with van der Waals surface area (Å²) in [6, 6.07) is 2.12. The maximum atomic E-state index is 11.3. The quantitative estimate of drug-likeness (QED) is 0.309. The second-order valence-corrected chi connectivity index (χ2v) is 9.16. The third-order valence-corrected chi connectivity index (χ3v) is 4.78. The molecule has 0 saturated heterocycles. The molecule has 0 fully saturated rings. The van der Waals surface area contributed by atoms with Gasteiger partial charge in [-0.1, -0.05) is 6.92 Å². The van der Waals surface area contributed by atoms with Gasteiger partial charge in [0.15, 0.2) is 5.96 Å². The van der Waals surface area contributed by atoms with Gasteiger partial charge in [0.25, 0.3) is 0 Å². The van der Waals surface area contributed by atoms with Crippen LogP contribution in [0.3, 0.4) is 0 Å². The van der Waals surface area contributed by atoms with Crippen molar-refractivity contribution < 1.29 is 8.42 Å². The Balaban J connectivity index is 0.00000625. The van der Waals surface area contributed by atoms with E-state index in [-0.39, 0.29) is 35.8 Å². The summed E-state index contributed by atoms with van der Waals surface area (Å²) in [5, 5.41) is 11.0. The van der Waals surface area contributed by atoms with Crippen LogP contribution in [0.2, 0.25) is 0 Å². The van der Waals surface area contributed by atoms with Gasteiger partial charge in [0, 0.05) is 37.6 Å². The molecule has 1 aromatic rings. The number of aromatic nitrogens is 2. The Kier molecular flexibility index (Phi) is 11.4. The van der Waals surface area contributed by atoms with Crippen LogP contribution in [0.4, 0.5) is 0 Å². The number of hydrogen-bond donors (Lipinski definition) is 2. The van der Waals surface area contributed by atoms with Gasteiger partial charge in [0.05, 0.1) is 11.4 Å². The third-order valence-electron chi connectivity index (χ3n) is 3.80. The Morgan fingerprint density at radius 2 is 2.00 bits per heavy atom. The molecule has 7 nitrogen and oxygen atoms in total. The van der Waals surface area contributed by atoms with Crippen LogP contribution in [-0.4, -0.2) is 55.3 Å². The first-order valence-electron chi connectivity index (χ1n) is 8.84. The minimum atomic E-state index is -2.94. The van der Waals surface area contributed by atoms with Gasteiger partial charge in [-0.15, -0.1) is 24.0 Å². The Bertz CT molecular complexity index is 673. The first kappa shape index (κ1) is 25.2. The van der Waals surface area contributed by atoms with Gasteiger partial charge < -0.3 is 10.6 Å². The van der Waals surface area contributed by atoms with Crippen LogP contribution in [0, 0.1) is 19.8 Å². The number of aryl methyl sites for hydroxylation is 2. The van der Waals surface area contributed by atoms with Crippen molar-refractivity contribution >= 4 is 39.8 Å². The molecule has 0 bridgehead atoms. The highest BCUT2D eigenvalue weighted by atomic mass is 127. The van der Waals surface area contributed by atoms with E-state index >= 15 is 0 Å². The number of hydrogen-bond acceptors (Lipinski definition) is 4. The average molecular weight is 499 g/mol. The second kappa shape index (κ2) is 11.8. The molecule has 1 aromatic heterocycles. The largest absolute Gasteiger partial charge is 0.357 e. The third kappa shape index (κ3) is 10.3. The summed E-state index contributed by atoms with van der Waals surface area (Å²) in [6.07, 6.45) is 1.82. The predicted molar refractivity (Wildman–Crippen MR) is 119 cm³/mol. The zero-order valence-corrected chi connectivity index (χ0v) is 19.9. The second-order valence-electron chi connectivity index (χ2n) is 6.90. The van der Waals surface area contributed by atoms with Crippen molar-refractivity contribution in [2.24, 2.45) is 10.9 Å². The fourth-order valence-corrected chi connectivity index (χ4v) is 3.26. The molecule has 0 aliphatic heterocycles. The van der Waals surface area contributed by atoms with E-state index in [0.29, 0.717) is 18.9 Å². The molecule has 1 rings (SSSR count). The van der Waals surface area contributed by atoms with Crippen LogP contribution in [0.15, 0.2) is 11.1 Å². The Morgan fingerprint density at radius 1 is 1.35 bits per heavy atom. The van der Waals surface area contributed by atoms with E-state index in [1.54, 1.807) is 0 Å². The van der Waals surface area contributed by atoms with Crippen LogP contribution >= 0.6 is 24.0 Å². The summed E-state index contributed by atoms with van der Waals surface area (Å²) in [6.45, 7) is 12.4. The minimum Gasteiger partial charge on any atom is -0.357 e. The lowest BCUT2D eigenvalue weighted by Crippen LogP contribution is -2.43. The van der Waals surface area contributed by atoms with E-state index in [9.17, 15) is 8.42 Å². The molecule has 0 spiro atoms. The molecule has 152 valence electrons. The van der Waals surface area contributed by atoms with E-state index in [0.717, 1.165) is 30.4 Å². The van der Waals surface area contributed by atoms with Crippen LogP contribution in [-0.2, 0) is 16.4 Å². The average Bonchev–Trinajstić information content (AvgIpc) is 2.80.